The van der Waals surface area contributed by atoms with Crippen molar-refractivity contribution in [3.63, 3.8) is 0 Å². The Morgan fingerprint density at radius 3 is 2.34 bits per heavy atom. The SMILES string of the molecule is CC(C)C(=O)Nc1ccc(C(=O)NNC(=O)[C@@H]2[C@@H](C(=O)O)[C@H]3C=C[C@@]2(C)O3)cc1. The largest absolute Gasteiger partial charge is 0.481 e. The van der Waals surface area contributed by atoms with Gasteiger partial charge in [-0.2, -0.15) is 0 Å². The van der Waals surface area contributed by atoms with Crippen molar-refractivity contribution in [3.8, 4) is 0 Å². The minimum atomic E-state index is -1.13. The number of amides is 3. The molecule has 4 N–H and O–H groups in total. The van der Waals surface area contributed by atoms with Crippen LogP contribution in [0, 0.1) is 17.8 Å². The maximum absolute atomic E-state index is 12.6. The van der Waals surface area contributed by atoms with E-state index in [2.05, 4.69) is 16.2 Å². The minimum absolute atomic E-state index is 0.141. The van der Waals surface area contributed by atoms with Crippen LogP contribution in [0.1, 0.15) is 31.1 Å². The molecule has 4 atom stereocenters. The molecule has 0 aromatic heterocycles. The fourth-order valence-electron chi connectivity index (χ4n) is 3.54. The highest BCUT2D eigenvalue weighted by Gasteiger charge is 2.59. The summed E-state index contributed by atoms with van der Waals surface area (Å²) in [6, 6.07) is 6.16. The molecule has 9 heteroatoms. The highest BCUT2D eigenvalue weighted by molar-refractivity contribution is 5.97. The standard InChI is InChI=1S/C20H23N3O6/c1-10(2)16(24)21-12-6-4-11(5-7-12)17(25)22-23-18(26)15-14(19(27)28)13-8-9-20(15,3)29-13/h4-10,13-15H,1-3H3,(H,21,24)(H,22,25)(H,23,26)(H,27,28)/t13-,14+,15+,20-/m1/s1. The van der Waals surface area contributed by atoms with Gasteiger partial charge in [0.05, 0.1) is 17.6 Å². The van der Waals surface area contributed by atoms with Crippen LogP contribution in [0.2, 0.25) is 0 Å². The number of anilines is 1. The number of nitrogens with one attached hydrogen (secondary N) is 3. The fraction of sp³-hybridized carbons (Fsp3) is 0.400. The molecule has 9 nitrogen and oxygen atoms in total. The monoisotopic (exact) mass is 401 g/mol. The Bertz CT molecular complexity index is 879. The first-order chi connectivity index (χ1) is 13.6. The molecule has 0 aliphatic carbocycles. The van der Waals surface area contributed by atoms with E-state index in [1.807, 2.05) is 0 Å². The molecule has 0 unspecified atom stereocenters. The van der Waals surface area contributed by atoms with Gasteiger partial charge in [-0.25, -0.2) is 0 Å². The molecule has 154 valence electrons. The predicted octanol–water partition coefficient (Wildman–Crippen LogP) is 1.09. The van der Waals surface area contributed by atoms with Crippen molar-refractivity contribution in [2.75, 3.05) is 5.32 Å². The van der Waals surface area contributed by atoms with Crippen LogP contribution >= 0.6 is 0 Å². The maximum Gasteiger partial charge on any atom is 0.310 e. The van der Waals surface area contributed by atoms with E-state index in [0.29, 0.717) is 5.69 Å². The Morgan fingerprint density at radius 1 is 1.10 bits per heavy atom. The zero-order valence-corrected chi connectivity index (χ0v) is 16.3. The highest BCUT2D eigenvalue weighted by atomic mass is 16.5. The van der Waals surface area contributed by atoms with Crippen molar-refractivity contribution in [1.82, 2.24) is 10.9 Å². The molecule has 2 bridgehead atoms. The van der Waals surface area contributed by atoms with Gasteiger partial charge in [0.25, 0.3) is 5.91 Å². The molecule has 0 radical (unpaired) electrons. The van der Waals surface area contributed by atoms with Crippen molar-refractivity contribution < 1.29 is 29.0 Å². The van der Waals surface area contributed by atoms with Crippen molar-refractivity contribution in [2.24, 2.45) is 17.8 Å². The van der Waals surface area contributed by atoms with Crippen molar-refractivity contribution >= 4 is 29.4 Å². The first kappa shape index (κ1) is 20.5. The molecule has 0 spiro atoms. The lowest BCUT2D eigenvalue weighted by atomic mass is 9.76. The first-order valence-corrected chi connectivity index (χ1v) is 9.23. The Balaban J connectivity index is 1.60. The van der Waals surface area contributed by atoms with Crippen LogP contribution in [0.5, 0.6) is 0 Å². The molecule has 2 heterocycles. The van der Waals surface area contributed by atoms with Gasteiger partial charge in [0.2, 0.25) is 11.8 Å². The third-order valence-electron chi connectivity index (χ3n) is 5.14. The number of rotatable bonds is 5. The number of hydrogen-bond acceptors (Lipinski definition) is 5. The maximum atomic E-state index is 12.6. The second-order valence-corrected chi connectivity index (χ2v) is 7.63. The highest BCUT2D eigenvalue weighted by Crippen LogP contribution is 2.46. The average molecular weight is 401 g/mol. The van der Waals surface area contributed by atoms with Gasteiger partial charge in [-0.05, 0) is 31.2 Å². The molecule has 2 aliphatic rings. The predicted molar refractivity (Wildman–Crippen MR) is 103 cm³/mol. The summed E-state index contributed by atoms with van der Waals surface area (Å²) in [5, 5.41) is 12.1. The number of aliphatic carboxylic acids is 1. The summed E-state index contributed by atoms with van der Waals surface area (Å²) in [6.07, 6.45) is 2.64. The minimum Gasteiger partial charge on any atom is -0.481 e. The molecule has 1 aromatic rings. The Kier molecular flexibility index (Phi) is 5.43. The number of carbonyl (C=O) groups is 4. The van der Waals surface area contributed by atoms with Crippen LogP contribution in [-0.4, -0.2) is 40.5 Å². The third-order valence-corrected chi connectivity index (χ3v) is 5.14. The van der Waals surface area contributed by atoms with Gasteiger partial charge >= 0.3 is 5.97 Å². The Hall–Kier alpha value is -3.20. The average Bonchev–Trinajstić information content (AvgIpc) is 3.19. The van der Waals surface area contributed by atoms with E-state index in [4.69, 9.17) is 4.74 Å². The van der Waals surface area contributed by atoms with Gasteiger partial charge in [-0.3, -0.25) is 30.0 Å². The quantitative estimate of drug-likeness (QED) is 0.431. The summed E-state index contributed by atoms with van der Waals surface area (Å²) in [7, 11) is 0. The Labute approximate surface area is 167 Å². The molecule has 1 aromatic carbocycles. The van der Waals surface area contributed by atoms with Crippen LogP contribution in [-0.2, 0) is 19.1 Å². The molecule has 29 heavy (non-hydrogen) atoms. The van der Waals surface area contributed by atoms with E-state index >= 15 is 0 Å². The van der Waals surface area contributed by atoms with Gasteiger partial charge < -0.3 is 15.2 Å². The topological polar surface area (TPSA) is 134 Å². The lowest BCUT2D eigenvalue weighted by molar-refractivity contribution is -0.147. The number of fused-ring (bicyclic) bond motifs is 2. The van der Waals surface area contributed by atoms with Crippen molar-refractivity contribution in [3.05, 3.63) is 42.0 Å². The molecule has 1 fully saturated rings. The van der Waals surface area contributed by atoms with Gasteiger partial charge in [0.1, 0.15) is 5.92 Å². The summed E-state index contributed by atoms with van der Waals surface area (Å²) in [6.45, 7) is 5.18. The van der Waals surface area contributed by atoms with Crippen molar-refractivity contribution in [2.45, 2.75) is 32.5 Å². The molecule has 1 saturated heterocycles. The zero-order chi connectivity index (χ0) is 21.3. The number of ether oxygens (including phenoxy) is 1. The summed E-state index contributed by atoms with van der Waals surface area (Å²) in [4.78, 5) is 48.1. The molecular weight excluding hydrogens is 378 g/mol. The van der Waals surface area contributed by atoms with Crippen LogP contribution in [0.4, 0.5) is 5.69 Å². The first-order valence-electron chi connectivity index (χ1n) is 9.23. The molecule has 3 amide bonds. The van der Waals surface area contributed by atoms with E-state index in [1.165, 1.54) is 12.1 Å². The molecular formula is C20H23N3O6. The number of carbonyl (C=O) groups excluding carboxylic acids is 3. The zero-order valence-electron chi connectivity index (χ0n) is 16.3. The van der Waals surface area contributed by atoms with Crippen LogP contribution in [0.25, 0.3) is 0 Å². The van der Waals surface area contributed by atoms with Gasteiger partial charge in [-0.15, -0.1) is 0 Å². The summed E-state index contributed by atoms with van der Waals surface area (Å²) in [5.74, 6) is -4.65. The Morgan fingerprint density at radius 2 is 1.76 bits per heavy atom. The van der Waals surface area contributed by atoms with E-state index < -0.39 is 41.3 Å². The number of benzene rings is 1. The van der Waals surface area contributed by atoms with Crippen LogP contribution in [0.3, 0.4) is 0 Å². The lowest BCUT2D eigenvalue weighted by Crippen LogP contribution is -2.52. The fourth-order valence-corrected chi connectivity index (χ4v) is 3.54. The van der Waals surface area contributed by atoms with Crippen molar-refractivity contribution in [1.29, 1.82) is 0 Å². The van der Waals surface area contributed by atoms with E-state index in [-0.39, 0.29) is 17.4 Å². The summed E-state index contributed by atoms with van der Waals surface area (Å²) >= 11 is 0. The smallest absolute Gasteiger partial charge is 0.310 e. The summed E-state index contributed by atoms with van der Waals surface area (Å²) in [5.41, 5.74) is 4.37. The van der Waals surface area contributed by atoms with Crippen LogP contribution in [0.15, 0.2) is 36.4 Å². The number of carboxylic acids is 1. The van der Waals surface area contributed by atoms with Gasteiger partial charge in [0.15, 0.2) is 0 Å². The second-order valence-electron chi connectivity index (χ2n) is 7.63. The normalized spacial score (nSPS) is 27.0. The summed E-state index contributed by atoms with van der Waals surface area (Å²) < 4.78 is 5.62. The molecule has 2 aliphatic heterocycles. The number of hydrogen-bond donors (Lipinski definition) is 4. The molecule has 0 saturated carbocycles. The number of hydrazine groups is 1. The van der Waals surface area contributed by atoms with Gasteiger partial charge in [-0.1, -0.05) is 26.0 Å². The van der Waals surface area contributed by atoms with E-state index in [9.17, 15) is 24.3 Å². The third kappa shape index (κ3) is 4.00. The number of carboxylic acid groups (broad SMARTS) is 1. The molecule has 3 rings (SSSR count). The van der Waals surface area contributed by atoms with E-state index in [1.54, 1.807) is 45.1 Å². The van der Waals surface area contributed by atoms with Crippen LogP contribution < -0.4 is 16.2 Å². The lowest BCUT2D eigenvalue weighted by Gasteiger charge is -2.27. The second kappa shape index (κ2) is 7.67. The van der Waals surface area contributed by atoms with E-state index in [0.717, 1.165) is 0 Å². The van der Waals surface area contributed by atoms with Gasteiger partial charge in [0, 0.05) is 17.2 Å².